The van der Waals surface area contributed by atoms with Crippen molar-refractivity contribution >= 4 is 5.97 Å². The molecule has 1 N–H and O–H groups in total. The Labute approximate surface area is 106 Å². The zero-order valence-corrected chi connectivity index (χ0v) is 10.4. The Morgan fingerprint density at radius 1 is 1.33 bits per heavy atom. The van der Waals surface area contributed by atoms with Crippen LogP contribution in [-0.2, 0) is 16.1 Å². The molecule has 18 heavy (non-hydrogen) atoms. The molecule has 0 amide bonds. The second-order valence-electron chi connectivity index (χ2n) is 4.04. The molecule has 0 atom stereocenters. The van der Waals surface area contributed by atoms with Gasteiger partial charge in [0.15, 0.2) is 0 Å². The van der Waals surface area contributed by atoms with E-state index in [-0.39, 0.29) is 12.2 Å². The number of carboxylic acids is 1. The summed E-state index contributed by atoms with van der Waals surface area (Å²) in [6, 6.07) is 6.22. The fourth-order valence-electron chi connectivity index (χ4n) is 1.59. The molecule has 1 rings (SSSR count). The van der Waals surface area contributed by atoms with Crippen LogP contribution in [0.5, 0.6) is 0 Å². The van der Waals surface area contributed by atoms with Crippen LogP contribution in [0.2, 0.25) is 0 Å². The summed E-state index contributed by atoms with van der Waals surface area (Å²) in [5.41, 5.74) is 0.956. The maximum atomic E-state index is 12.8. The van der Waals surface area contributed by atoms with Gasteiger partial charge in [-0.1, -0.05) is 12.1 Å². The summed E-state index contributed by atoms with van der Waals surface area (Å²) in [6.45, 7) is 2.24. The molecule has 1 aromatic carbocycles. The molecule has 0 saturated heterocycles. The summed E-state index contributed by atoms with van der Waals surface area (Å²) in [6.07, 6.45) is 0.0882. The van der Waals surface area contributed by atoms with Crippen molar-refractivity contribution < 1.29 is 19.0 Å². The van der Waals surface area contributed by atoms with Gasteiger partial charge >= 0.3 is 5.97 Å². The first-order valence-corrected chi connectivity index (χ1v) is 5.79. The summed E-state index contributed by atoms with van der Waals surface area (Å²) in [4.78, 5) is 12.5. The lowest BCUT2D eigenvalue weighted by Gasteiger charge is -2.21. The molecule has 0 heterocycles. The molecule has 0 spiro atoms. The zero-order chi connectivity index (χ0) is 13.4. The highest BCUT2D eigenvalue weighted by molar-refractivity contribution is 5.66. The van der Waals surface area contributed by atoms with Crippen LogP contribution in [0.25, 0.3) is 0 Å². The summed E-state index contributed by atoms with van der Waals surface area (Å²) in [5.74, 6) is -1.09. The molecule has 4 nitrogen and oxygen atoms in total. The Hall–Kier alpha value is -1.46. The first-order chi connectivity index (χ1) is 8.61. The minimum atomic E-state index is -0.823. The van der Waals surface area contributed by atoms with Gasteiger partial charge in [-0.25, -0.2) is 4.39 Å². The fraction of sp³-hybridized carbons (Fsp3) is 0.462. The van der Waals surface area contributed by atoms with Crippen LogP contribution in [0.1, 0.15) is 12.0 Å². The quantitative estimate of drug-likeness (QED) is 0.769. The van der Waals surface area contributed by atoms with Gasteiger partial charge in [-0.3, -0.25) is 9.69 Å². The van der Waals surface area contributed by atoms with E-state index >= 15 is 0 Å². The highest BCUT2D eigenvalue weighted by atomic mass is 19.1. The number of benzene rings is 1. The number of carboxylic acid groups (broad SMARTS) is 1. The number of rotatable bonds is 8. The van der Waals surface area contributed by atoms with Crippen LogP contribution in [0.4, 0.5) is 4.39 Å². The van der Waals surface area contributed by atoms with Gasteiger partial charge in [0, 0.05) is 26.7 Å². The molecule has 0 unspecified atom stereocenters. The number of aliphatic carboxylic acids is 1. The molecule has 0 radical (unpaired) electrons. The second kappa shape index (κ2) is 7.79. The van der Waals surface area contributed by atoms with Gasteiger partial charge in [-0.15, -0.1) is 0 Å². The SMILES string of the molecule is COCCN(CCC(=O)O)Cc1ccc(F)cc1. The summed E-state index contributed by atoms with van der Waals surface area (Å²) < 4.78 is 17.8. The van der Waals surface area contributed by atoms with Gasteiger partial charge in [0.2, 0.25) is 0 Å². The van der Waals surface area contributed by atoms with E-state index in [4.69, 9.17) is 9.84 Å². The number of carbonyl (C=O) groups is 1. The number of hydrogen-bond donors (Lipinski definition) is 1. The third-order valence-electron chi connectivity index (χ3n) is 2.57. The van der Waals surface area contributed by atoms with Crippen LogP contribution >= 0.6 is 0 Å². The van der Waals surface area contributed by atoms with E-state index in [1.165, 1.54) is 12.1 Å². The molecule has 0 fully saturated rings. The molecule has 0 bridgehead atoms. The second-order valence-corrected chi connectivity index (χ2v) is 4.04. The van der Waals surface area contributed by atoms with Crippen LogP contribution in [0, 0.1) is 5.82 Å². The van der Waals surface area contributed by atoms with E-state index in [0.29, 0.717) is 26.2 Å². The van der Waals surface area contributed by atoms with Crippen molar-refractivity contribution in [2.24, 2.45) is 0 Å². The van der Waals surface area contributed by atoms with Gasteiger partial charge in [0.25, 0.3) is 0 Å². The van der Waals surface area contributed by atoms with Gasteiger partial charge in [-0.05, 0) is 17.7 Å². The predicted octanol–water partition coefficient (Wildman–Crippen LogP) is 1.75. The molecule has 100 valence electrons. The lowest BCUT2D eigenvalue weighted by atomic mass is 10.2. The van der Waals surface area contributed by atoms with E-state index in [0.717, 1.165) is 5.56 Å². The van der Waals surface area contributed by atoms with E-state index < -0.39 is 5.97 Å². The van der Waals surface area contributed by atoms with Gasteiger partial charge in [0.05, 0.1) is 13.0 Å². The lowest BCUT2D eigenvalue weighted by Crippen LogP contribution is -2.29. The smallest absolute Gasteiger partial charge is 0.304 e. The third kappa shape index (κ3) is 5.75. The zero-order valence-electron chi connectivity index (χ0n) is 10.4. The molecule has 1 aromatic rings. The van der Waals surface area contributed by atoms with Crippen LogP contribution in [0.3, 0.4) is 0 Å². The Morgan fingerprint density at radius 3 is 2.56 bits per heavy atom. The van der Waals surface area contributed by atoms with Crippen molar-refractivity contribution in [2.75, 3.05) is 26.8 Å². The topological polar surface area (TPSA) is 49.8 Å². The average molecular weight is 255 g/mol. The van der Waals surface area contributed by atoms with Crippen molar-refractivity contribution in [1.82, 2.24) is 4.90 Å². The van der Waals surface area contributed by atoms with Crippen LogP contribution in [0.15, 0.2) is 24.3 Å². The predicted molar refractivity (Wildman–Crippen MR) is 65.8 cm³/mol. The number of ether oxygens (including phenoxy) is 1. The highest BCUT2D eigenvalue weighted by Gasteiger charge is 2.08. The largest absolute Gasteiger partial charge is 0.481 e. The molecule has 0 aliphatic carbocycles. The minimum absolute atomic E-state index is 0.0882. The van der Waals surface area contributed by atoms with Gasteiger partial charge < -0.3 is 9.84 Å². The maximum Gasteiger partial charge on any atom is 0.304 e. The van der Waals surface area contributed by atoms with Crippen molar-refractivity contribution in [3.05, 3.63) is 35.6 Å². The molecule has 0 saturated carbocycles. The Bertz CT molecular complexity index is 367. The Kier molecular flexibility index (Phi) is 6.32. The van der Waals surface area contributed by atoms with Crippen molar-refractivity contribution in [3.63, 3.8) is 0 Å². The van der Waals surface area contributed by atoms with E-state index in [9.17, 15) is 9.18 Å². The molecule has 0 aromatic heterocycles. The summed E-state index contributed by atoms with van der Waals surface area (Å²) in [7, 11) is 1.60. The first-order valence-electron chi connectivity index (χ1n) is 5.79. The summed E-state index contributed by atoms with van der Waals surface area (Å²) in [5, 5.41) is 8.68. The normalized spacial score (nSPS) is 10.8. The van der Waals surface area contributed by atoms with Crippen LogP contribution < -0.4 is 0 Å². The van der Waals surface area contributed by atoms with Crippen molar-refractivity contribution in [2.45, 2.75) is 13.0 Å². The maximum absolute atomic E-state index is 12.8. The molecule has 0 aliphatic rings. The first kappa shape index (κ1) is 14.6. The van der Waals surface area contributed by atoms with Gasteiger partial charge in [0.1, 0.15) is 5.82 Å². The van der Waals surface area contributed by atoms with Crippen molar-refractivity contribution in [1.29, 1.82) is 0 Å². The van der Waals surface area contributed by atoms with Crippen molar-refractivity contribution in [3.8, 4) is 0 Å². The number of halogens is 1. The molecular weight excluding hydrogens is 237 g/mol. The molecular formula is C13H18FNO3. The van der Waals surface area contributed by atoms with Crippen LogP contribution in [-0.4, -0.2) is 42.8 Å². The monoisotopic (exact) mass is 255 g/mol. The minimum Gasteiger partial charge on any atom is -0.481 e. The fourth-order valence-corrected chi connectivity index (χ4v) is 1.59. The molecule has 0 aliphatic heterocycles. The third-order valence-corrected chi connectivity index (χ3v) is 2.57. The lowest BCUT2D eigenvalue weighted by molar-refractivity contribution is -0.137. The van der Waals surface area contributed by atoms with E-state index in [2.05, 4.69) is 0 Å². The standard InChI is InChI=1S/C13H18FNO3/c1-18-9-8-15(7-6-13(16)17)10-11-2-4-12(14)5-3-11/h2-5H,6-10H2,1H3,(H,16,17). The highest BCUT2D eigenvalue weighted by Crippen LogP contribution is 2.07. The summed E-state index contributed by atoms with van der Waals surface area (Å²) >= 11 is 0. The average Bonchev–Trinajstić information content (AvgIpc) is 2.35. The number of hydrogen-bond acceptors (Lipinski definition) is 3. The van der Waals surface area contributed by atoms with E-state index in [1.807, 2.05) is 4.90 Å². The Balaban J connectivity index is 2.53. The van der Waals surface area contributed by atoms with Gasteiger partial charge in [-0.2, -0.15) is 0 Å². The Morgan fingerprint density at radius 2 is 2.00 bits per heavy atom. The molecule has 5 heteroatoms. The van der Waals surface area contributed by atoms with E-state index in [1.54, 1.807) is 19.2 Å². The number of nitrogens with zero attached hydrogens (tertiary/aromatic N) is 1. The number of methoxy groups -OCH3 is 1.